The third-order valence-electron chi connectivity index (χ3n) is 5.46. The second-order valence-corrected chi connectivity index (χ2v) is 6.60. The average molecular weight is 296 g/mol. The zero-order valence-electron chi connectivity index (χ0n) is 12.3. The molecular weight excluding hydrogens is 278 g/mol. The summed E-state index contributed by atoms with van der Waals surface area (Å²) in [5.41, 5.74) is 2.46. The molecule has 3 aliphatic rings. The fourth-order valence-corrected chi connectivity index (χ4v) is 4.37. The van der Waals surface area contributed by atoms with Crippen LogP contribution in [0.3, 0.4) is 0 Å². The SMILES string of the molecule is O=C([O-])C1C2C=CC(C2)C1C(=O)N1CCc2ccccc2C1. The molecule has 1 fully saturated rings. The van der Waals surface area contributed by atoms with E-state index in [1.165, 1.54) is 11.1 Å². The number of hydrogen-bond acceptors (Lipinski definition) is 3. The predicted molar refractivity (Wildman–Crippen MR) is 78.3 cm³/mol. The summed E-state index contributed by atoms with van der Waals surface area (Å²) in [6.07, 6.45) is 5.58. The fourth-order valence-electron chi connectivity index (χ4n) is 4.37. The Morgan fingerprint density at radius 3 is 2.45 bits per heavy atom. The van der Waals surface area contributed by atoms with Crippen LogP contribution in [0.15, 0.2) is 36.4 Å². The number of carbonyl (C=O) groups excluding carboxylic acids is 2. The Balaban J connectivity index is 1.58. The Labute approximate surface area is 129 Å². The van der Waals surface area contributed by atoms with Gasteiger partial charge in [0.25, 0.3) is 0 Å². The second kappa shape index (κ2) is 4.97. The monoisotopic (exact) mass is 296 g/mol. The highest BCUT2D eigenvalue weighted by Gasteiger charge is 2.49. The quantitative estimate of drug-likeness (QED) is 0.757. The molecule has 1 aromatic carbocycles. The van der Waals surface area contributed by atoms with Crippen molar-refractivity contribution < 1.29 is 14.7 Å². The van der Waals surface area contributed by atoms with Gasteiger partial charge in [-0.1, -0.05) is 36.4 Å². The maximum Gasteiger partial charge on any atom is 0.227 e. The molecule has 4 unspecified atom stereocenters. The van der Waals surface area contributed by atoms with Crippen LogP contribution in [-0.2, 0) is 22.6 Å². The van der Waals surface area contributed by atoms with Crippen molar-refractivity contribution in [2.45, 2.75) is 19.4 Å². The number of hydrogen-bond donors (Lipinski definition) is 0. The van der Waals surface area contributed by atoms with Gasteiger partial charge in [0.15, 0.2) is 0 Å². The number of allylic oxidation sites excluding steroid dienone is 2. The van der Waals surface area contributed by atoms with Gasteiger partial charge in [-0.3, -0.25) is 4.79 Å². The summed E-state index contributed by atoms with van der Waals surface area (Å²) >= 11 is 0. The molecular formula is C18H18NO3-. The van der Waals surface area contributed by atoms with E-state index in [9.17, 15) is 14.7 Å². The number of amides is 1. The normalized spacial score (nSPS) is 32.1. The molecule has 0 aromatic heterocycles. The van der Waals surface area contributed by atoms with Gasteiger partial charge in [0, 0.05) is 25.0 Å². The molecule has 4 heteroatoms. The average Bonchev–Trinajstić information content (AvgIpc) is 3.14. The molecule has 1 aliphatic heterocycles. The predicted octanol–water partition coefficient (Wildman–Crippen LogP) is 0.759. The molecule has 2 bridgehead atoms. The third-order valence-corrected chi connectivity index (χ3v) is 5.46. The minimum absolute atomic E-state index is 0.0134. The highest BCUT2D eigenvalue weighted by atomic mass is 16.4. The number of nitrogens with zero attached hydrogens (tertiary/aromatic N) is 1. The first kappa shape index (κ1) is 13.6. The van der Waals surface area contributed by atoms with Crippen molar-refractivity contribution in [1.29, 1.82) is 0 Å². The lowest BCUT2D eigenvalue weighted by Gasteiger charge is -2.35. The van der Waals surface area contributed by atoms with E-state index in [0.29, 0.717) is 13.1 Å². The minimum Gasteiger partial charge on any atom is -0.550 e. The molecule has 0 spiro atoms. The van der Waals surface area contributed by atoms with E-state index >= 15 is 0 Å². The van der Waals surface area contributed by atoms with Gasteiger partial charge >= 0.3 is 0 Å². The van der Waals surface area contributed by atoms with Crippen molar-refractivity contribution in [2.75, 3.05) is 6.54 Å². The Bertz CT molecular complexity index is 666. The van der Waals surface area contributed by atoms with Crippen LogP contribution in [0.5, 0.6) is 0 Å². The van der Waals surface area contributed by atoms with Gasteiger partial charge in [0.1, 0.15) is 0 Å². The van der Waals surface area contributed by atoms with Crippen LogP contribution in [0.4, 0.5) is 0 Å². The van der Waals surface area contributed by atoms with Gasteiger partial charge in [0.2, 0.25) is 5.91 Å². The van der Waals surface area contributed by atoms with Crippen molar-refractivity contribution in [1.82, 2.24) is 4.90 Å². The van der Waals surface area contributed by atoms with E-state index in [0.717, 1.165) is 12.8 Å². The molecule has 0 radical (unpaired) electrons. The molecule has 4 atom stereocenters. The second-order valence-electron chi connectivity index (χ2n) is 6.60. The zero-order valence-corrected chi connectivity index (χ0v) is 12.3. The van der Waals surface area contributed by atoms with Crippen molar-refractivity contribution in [2.24, 2.45) is 23.7 Å². The largest absolute Gasteiger partial charge is 0.550 e. The smallest absolute Gasteiger partial charge is 0.227 e. The molecule has 1 heterocycles. The first-order valence-electron chi connectivity index (χ1n) is 7.90. The lowest BCUT2D eigenvalue weighted by Crippen LogP contribution is -2.47. The Hall–Kier alpha value is -2.10. The molecule has 4 nitrogen and oxygen atoms in total. The van der Waals surface area contributed by atoms with Crippen molar-refractivity contribution >= 4 is 11.9 Å². The summed E-state index contributed by atoms with van der Waals surface area (Å²) in [6, 6.07) is 8.15. The maximum absolute atomic E-state index is 12.9. The molecule has 4 rings (SSSR count). The molecule has 0 N–H and O–H groups in total. The van der Waals surface area contributed by atoms with Gasteiger partial charge in [-0.25, -0.2) is 0 Å². The maximum atomic E-state index is 12.9. The number of rotatable bonds is 2. The molecule has 1 aromatic rings. The summed E-state index contributed by atoms with van der Waals surface area (Å²) in [4.78, 5) is 26.2. The van der Waals surface area contributed by atoms with E-state index in [2.05, 4.69) is 6.07 Å². The summed E-state index contributed by atoms with van der Waals surface area (Å²) in [5, 5.41) is 11.5. The number of fused-ring (bicyclic) bond motifs is 3. The Morgan fingerprint density at radius 1 is 1.05 bits per heavy atom. The molecule has 0 saturated heterocycles. The van der Waals surface area contributed by atoms with Crippen LogP contribution in [0, 0.1) is 23.7 Å². The van der Waals surface area contributed by atoms with Crippen LogP contribution >= 0.6 is 0 Å². The lowest BCUT2D eigenvalue weighted by atomic mass is 9.81. The Morgan fingerprint density at radius 2 is 1.73 bits per heavy atom. The van der Waals surface area contributed by atoms with E-state index in [1.807, 2.05) is 35.3 Å². The molecule has 2 aliphatic carbocycles. The first-order chi connectivity index (χ1) is 10.6. The summed E-state index contributed by atoms with van der Waals surface area (Å²) in [6.45, 7) is 1.26. The summed E-state index contributed by atoms with van der Waals surface area (Å²) < 4.78 is 0. The molecule has 114 valence electrons. The van der Waals surface area contributed by atoms with Crippen LogP contribution in [0.25, 0.3) is 0 Å². The number of carboxylic acids is 1. The number of carbonyl (C=O) groups is 2. The number of aliphatic carboxylic acids is 1. The van der Waals surface area contributed by atoms with Crippen LogP contribution in [0.2, 0.25) is 0 Å². The number of benzene rings is 1. The van der Waals surface area contributed by atoms with Crippen molar-refractivity contribution in [3.05, 3.63) is 47.5 Å². The number of carboxylic acid groups (broad SMARTS) is 1. The highest BCUT2D eigenvalue weighted by Crippen LogP contribution is 2.48. The standard InChI is InChI=1S/C18H19NO3/c20-17(15-12-5-6-13(9-12)16(15)18(21)22)19-8-7-11-3-1-2-4-14(11)10-19/h1-6,12-13,15-16H,7-10H2,(H,21,22)/p-1. The van der Waals surface area contributed by atoms with E-state index < -0.39 is 17.8 Å². The van der Waals surface area contributed by atoms with Gasteiger partial charge in [0.05, 0.1) is 5.92 Å². The van der Waals surface area contributed by atoms with E-state index in [4.69, 9.17) is 0 Å². The highest BCUT2D eigenvalue weighted by molar-refractivity contribution is 5.86. The zero-order chi connectivity index (χ0) is 15.3. The molecule has 1 saturated carbocycles. The van der Waals surface area contributed by atoms with Crippen LogP contribution in [0.1, 0.15) is 17.5 Å². The third kappa shape index (κ3) is 1.97. The Kier molecular flexibility index (Phi) is 3.06. The van der Waals surface area contributed by atoms with Gasteiger partial charge in [-0.2, -0.15) is 0 Å². The topological polar surface area (TPSA) is 60.4 Å². The lowest BCUT2D eigenvalue weighted by molar-refractivity contribution is -0.313. The summed E-state index contributed by atoms with van der Waals surface area (Å²) in [5.74, 6) is -2.14. The summed E-state index contributed by atoms with van der Waals surface area (Å²) in [7, 11) is 0. The van der Waals surface area contributed by atoms with Gasteiger partial charge < -0.3 is 14.8 Å². The fraction of sp³-hybridized carbons (Fsp3) is 0.444. The van der Waals surface area contributed by atoms with Crippen molar-refractivity contribution in [3.63, 3.8) is 0 Å². The van der Waals surface area contributed by atoms with Gasteiger partial charge in [-0.05, 0) is 35.8 Å². The van der Waals surface area contributed by atoms with Gasteiger partial charge in [-0.15, -0.1) is 0 Å². The van der Waals surface area contributed by atoms with Crippen LogP contribution in [-0.4, -0.2) is 23.3 Å². The minimum atomic E-state index is -1.08. The molecule has 1 amide bonds. The van der Waals surface area contributed by atoms with Crippen molar-refractivity contribution in [3.8, 4) is 0 Å². The molecule has 22 heavy (non-hydrogen) atoms. The van der Waals surface area contributed by atoms with E-state index in [1.54, 1.807) is 0 Å². The first-order valence-corrected chi connectivity index (χ1v) is 7.90. The van der Waals surface area contributed by atoms with Crippen LogP contribution < -0.4 is 5.11 Å². The van der Waals surface area contributed by atoms with E-state index in [-0.39, 0.29) is 17.7 Å².